The van der Waals surface area contributed by atoms with E-state index in [0.717, 1.165) is 28.1 Å². The first-order chi connectivity index (χ1) is 13.0. The lowest BCUT2D eigenvalue weighted by molar-refractivity contribution is -0.118. The van der Waals surface area contributed by atoms with Gasteiger partial charge in [-0.25, -0.2) is 4.98 Å². The number of fused-ring (bicyclic) bond motifs is 1. The summed E-state index contributed by atoms with van der Waals surface area (Å²) in [6, 6.07) is 13.2. The van der Waals surface area contributed by atoms with Gasteiger partial charge in [-0.05, 0) is 43.9 Å². The average Bonchev–Trinajstić information content (AvgIpc) is 3.06. The second-order valence-electron chi connectivity index (χ2n) is 6.45. The molecule has 5 nitrogen and oxygen atoms in total. The van der Waals surface area contributed by atoms with E-state index in [9.17, 15) is 4.79 Å². The summed E-state index contributed by atoms with van der Waals surface area (Å²) in [5.41, 5.74) is 1.68. The van der Waals surface area contributed by atoms with Gasteiger partial charge in [0.2, 0.25) is 5.91 Å². The number of methoxy groups -OCH3 is 1. The van der Waals surface area contributed by atoms with Crippen molar-refractivity contribution in [1.29, 1.82) is 0 Å². The Morgan fingerprint density at radius 3 is 2.61 bits per heavy atom. The van der Waals surface area contributed by atoms with E-state index in [1.54, 1.807) is 18.1 Å². The molecule has 0 aliphatic heterocycles. The molecule has 0 bridgehead atoms. The van der Waals surface area contributed by atoms with Gasteiger partial charge in [0.05, 0.1) is 23.7 Å². The maximum Gasteiger partial charge on any atom is 0.233 e. The predicted octanol–water partition coefficient (Wildman–Crippen LogP) is 4.52. The minimum absolute atomic E-state index is 0. The van der Waals surface area contributed by atoms with E-state index >= 15 is 0 Å². The highest BCUT2D eigenvalue weighted by Crippen LogP contribution is 2.32. The number of likely N-dealkylation sites (N-methyl/N-ethyl adjacent to an activating group) is 1. The third-order valence-electron chi connectivity index (χ3n) is 4.19. The molecule has 150 valence electrons. The molecule has 28 heavy (non-hydrogen) atoms. The van der Waals surface area contributed by atoms with Crippen LogP contribution in [0.5, 0.6) is 5.75 Å². The van der Waals surface area contributed by atoms with E-state index < -0.39 is 0 Å². The van der Waals surface area contributed by atoms with Gasteiger partial charge in [0.25, 0.3) is 0 Å². The highest BCUT2D eigenvalue weighted by atomic mass is 35.5. The van der Waals surface area contributed by atoms with Crippen molar-refractivity contribution in [2.24, 2.45) is 0 Å². The minimum atomic E-state index is -0.0176. The number of anilines is 1. The molecule has 1 heterocycles. The molecule has 0 radical (unpaired) electrons. The summed E-state index contributed by atoms with van der Waals surface area (Å²) in [4.78, 5) is 21.5. The first kappa shape index (κ1) is 22.4. The first-order valence-corrected chi connectivity index (χ1v) is 9.80. The number of benzene rings is 2. The van der Waals surface area contributed by atoms with Gasteiger partial charge in [0.15, 0.2) is 5.13 Å². The standard InChI is InChI=1S/C20H22ClN3O2S.ClH/c1-23(2)10-11-24(19(25)12-14-6-4-5-7-16(14)21)20-22-17-9-8-15(26-3)13-18(17)27-20;/h4-9,13H,10-12H2,1-3H3;1H. The van der Waals surface area contributed by atoms with Crippen LogP contribution >= 0.6 is 35.3 Å². The molecule has 8 heteroatoms. The molecule has 0 aliphatic rings. The summed E-state index contributed by atoms with van der Waals surface area (Å²) in [6.07, 6.45) is 0.242. The number of hydrogen-bond donors (Lipinski definition) is 0. The van der Waals surface area contributed by atoms with Crippen LogP contribution in [0.3, 0.4) is 0 Å². The Hall–Kier alpha value is -1.86. The van der Waals surface area contributed by atoms with Crippen LogP contribution < -0.4 is 9.64 Å². The molecule has 0 saturated heterocycles. The van der Waals surface area contributed by atoms with Crippen LogP contribution in [0.2, 0.25) is 5.02 Å². The number of carbonyl (C=O) groups excluding carboxylic acids is 1. The number of nitrogens with zero attached hydrogens (tertiary/aromatic N) is 3. The summed E-state index contributed by atoms with van der Waals surface area (Å²) >= 11 is 7.73. The van der Waals surface area contributed by atoms with Gasteiger partial charge in [-0.3, -0.25) is 9.69 Å². The summed E-state index contributed by atoms with van der Waals surface area (Å²) < 4.78 is 6.28. The summed E-state index contributed by atoms with van der Waals surface area (Å²) in [5.74, 6) is 0.760. The Bertz CT molecular complexity index is 946. The summed E-state index contributed by atoms with van der Waals surface area (Å²) in [6.45, 7) is 1.31. The smallest absolute Gasteiger partial charge is 0.233 e. The van der Waals surface area contributed by atoms with Gasteiger partial charge in [0, 0.05) is 18.1 Å². The molecule has 1 aromatic heterocycles. The molecule has 0 N–H and O–H groups in total. The minimum Gasteiger partial charge on any atom is -0.497 e. The average molecular weight is 440 g/mol. The number of thiazole rings is 1. The zero-order valence-electron chi connectivity index (χ0n) is 16.0. The summed E-state index contributed by atoms with van der Waals surface area (Å²) in [7, 11) is 5.61. The van der Waals surface area contributed by atoms with Gasteiger partial charge in [0.1, 0.15) is 5.75 Å². The van der Waals surface area contributed by atoms with Crippen molar-refractivity contribution in [2.75, 3.05) is 39.2 Å². The van der Waals surface area contributed by atoms with E-state index in [2.05, 4.69) is 4.98 Å². The molecule has 3 aromatic rings. The fourth-order valence-electron chi connectivity index (χ4n) is 2.66. The number of halogens is 2. The molecule has 0 aliphatic carbocycles. The molecule has 3 rings (SSSR count). The SMILES string of the molecule is COc1ccc2nc(N(CCN(C)C)C(=O)Cc3ccccc3Cl)sc2c1.Cl. The van der Waals surface area contributed by atoms with Crippen molar-refractivity contribution in [3.63, 3.8) is 0 Å². The lowest BCUT2D eigenvalue weighted by Gasteiger charge is -2.22. The number of ether oxygens (including phenoxy) is 1. The van der Waals surface area contributed by atoms with Crippen molar-refractivity contribution >= 4 is 56.6 Å². The second kappa shape index (κ2) is 10.1. The van der Waals surface area contributed by atoms with E-state index in [0.29, 0.717) is 16.7 Å². The van der Waals surface area contributed by atoms with Crippen LogP contribution in [0.4, 0.5) is 5.13 Å². The van der Waals surface area contributed by atoms with Crippen LogP contribution in [0.25, 0.3) is 10.2 Å². The van der Waals surface area contributed by atoms with E-state index in [1.807, 2.05) is 55.4 Å². The number of rotatable bonds is 7. The van der Waals surface area contributed by atoms with Crippen LogP contribution in [0.15, 0.2) is 42.5 Å². The van der Waals surface area contributed by atoms with Crippen LogP contribution in [-0.4, -0.2) is 50.1 Å². The van der Waals surface area contributed by atoms with Crippen molar-refractivity contribution in [3.8, 4) is 5.75 Å². The lowest BCUT2D eigenvalue weighted by atomic mass is 10.1. The van der Waals surface area contributed by atoms with E-state index in [1.165, 1.54) is 11.3 Å². The zero-order chi connectivity index (χ0) is 19.4. The maximum atomic E-state index is 13.1. The topological polar surface area (TPSA) is 45.7 Å². The molecule has 0 fully saturated rings. The molecule has 0 spiro atoms. The van der Waals surface area contributed by atoms with Gasteiger partial charge in [-0.1, -0.05) is 41.1 Å². The van der Waals surface area contributed by atoms with Crippen molar-refractivity contribution < 1.29 is 9.53 Å². The third-order valence-corrected chi connectivity index (χ3v) is 5.60. The number of hydrogen-bond acceptors (Lipinski definition) is 5. The van der Waals surface area contributed by atoms with Gasteiger partial charge in [-0.15, -0.1) is 12.4 Å². The van der Waals surface area contributed by atoms with Crippen LogP contribution in [0.1, 0.15) is 5.56 Å². The van der Waals surface area contributed by atoms with Crippen LogP contribution in [-0.2, 0) is 11.2 Å². The molecule has 2 aromatic carbocycles. The molecule has 0 atom stereocenters. The Morgan fingerprint density at radius 2 is 1.93 bits per heavy atom. The highest BCUT2D eigenvalue weighted by molar-refractivity contribution is 7.22. The van der Waals surface area contributed by atoms with Crippen molar-refractivity contribution in [1.82, 2.24) is 9.88 Å². The largest absolute Gasteiger partial charge is 0.497 e. The van der Waals surface area contributed by atoms with Crippen LogP contribution in [0, 0.1) is 0 Å². The Morgan fingerprint density at radius 1 is 1.18 bits per heavy atom. The maximum absolute atomic E-state index is 13.1. The highest BCUT2D eigenvalue weighted by Gasteiger charge is 2.21. The Labute approximate surface area is 180 Å². The normalized spacial score (nSPS) is 10.8. The van der Waals surface area contributed by atoms with E-state index in [4.69, 9.17) is 16.3 Å². The zero-order valence-corrected chi connectivity index (χ0v) is 18.4. The number of aromatic nitrogens is 1. The van der Waals surface area contributed by atoms with Gasteiger partial charge in [-0.2, -0.15) is 0 Å². The lowest BCUT2D eigenvalue weighted by Crippen LogP contribution is -2.37. The number of carbonyl (C=O) groups is 1. The first-order valence-electron chi connectivity index (χ1n) is 8.61. The molecule has 1 amide bonds. The fraction of sp³-hybridized carbons (Fsp3) is 0.300. The monoisotopic (exact) mass is 439 g/mol. The van der Waals surface area contributed by atoms with Crippen molar-refractivity contribution in [2.45, 2.75) is 6.42 Å². The van der Waals surface area contributed by atoms with Gasteiger partial charge < -0.3 is 9.64 Å². The van der Waals surface area contributed by atoms with Crippen molar-refractivity contribution in [3.05, 3.63) is 53.1 Å². The predicted molar refractivity (Wildman–Crippen MR) is 119 cm³/mol. The molecule has 0 unspecified atom stereocenters. The molecule has 0 saturated carbocycles. The number of amides is 1. The Balaban J connectivity index is 0.00000280. The Kier molecular flexibility index (Phi) is 8.07. The molecular weight excluding hydrogens is 417 g/mol. The third kappa shape index (κ3) is 5.35. The molecular formula is C20H23Cl2N3O2S. The second-order valence-corrected chi connectivity index (χ2v) is 7.86. The summed E-state index contributed by atoms with van der Waals surface area (Å²) in [5, 5.41) is 1.30. The van der Waals surface area contributed by atoms with E-state index in [-0.39, 0.29) is 24.7 Å². The van der Waals surface area contributed by atoms with Gasteiger partial charge >= 0.3 is 0 Å². The fourth-order valence-corrected chi connectivity index (χ4v) is 3.90. The quantitative estimate of drug-likeness (QED) is 0.542.